The number of nitrogens with one attached hydrogen (secondary N) is 2. The topological polar surface area (TPSA) is 66.5 Å². The SMILES string of the molecule is COc1ccc(/C(C)=N\NC(=O)c2ccc[nH]2)cc1Br. The zero-order chi connectivity index (χ0) is 14.5. The fourth-order valence-electron chi connectivity index (χ4n) is 1.62. The van der Waals surface area contributed by atoms with Crippen molar-refractivity contribution in [1.29, 1.82) is 0 Å². The Balaban J connectivity index is 2.10. The van der Waals surface area contributed by atoms with Crippen LogP contribution in [0, 0.1) is 0 Å². The molecule has 0 unspecified atom stereocenters. The van der Waals surface area contributed by atoms with Gasteiger partial charge in [-0.3, -0.25) is 4.79 Å². The second-order valence-electron chi connectivity index (χ2n) is 4.07. The minimum absolute atomic E-state index is 0.276. The predicted octanol–water partition coefficient (Wildman–Crippen LogP) is 2.94. The van der Waals surface area contributed by atoms with Crippen molar-refractivity contribution < 1.29 is 9.53 Å². The second kappa shape index (κ2) is 6.38. The van der Waals surface area contributed by atoms with Gasteiger partial charge in [0.05, 0.1) is 17.3 Å². The number of hydrogen-bond donors (Lipinski definition) is 2. The zero-order valence-electron chi connectivity index (χ0n) is 11.1. The Morgan fingerprint density at radius 3 is 2.80 bits per heavy atom. The smallest absolute Gasteiger partial charge is 0.287 e. The number of hydrazone groups is 1. The normalized spacial score (nSPS) is 11.2. The second-order valence-corrected chi connectivity index (χ2v) is 4.93. The summed E-state index contributed by atoms with van der Waals surface area (Å²) >= 11 is 3.41. The molecule has 6 heteroatoms. The number of carbonyl (C=O) groups excluding carboxylic acids is 1. The number of aromatic amines is 1. The Kier molecular flexibility index (Phi) is 4.57. The van der Waals surface area contributed by atoms with E-state index in [1.54, 1.807) is 25.4 Å². The van der Waals surface area contributed by atoms with Crippen molar-refractivity contribution in [2.24, 2.45) is 5.10 Å². The molecule has 1 heterocycles. The third-order valence-corrected chi connectivity index (χ3v) is 3.36. The number of ether oxygens (including phenoxy) is 1. The molecule has 0 fully saturated rings. The van der Waals surface area contributed by atoms with Crippen molar-refractivity contribution in [3.05, 3.63) is 52.3 Å². The molecule has 2 N–H and O–H groups in total. The molecule has 1 aromatic heterocycles. The van der Waals surface area contributed by atoms with Gasteiger partial charge < -0.3 is 9.72 Å². The lowest BCUT2D eigenvalue weighted by Crippen LogP contribution is -2.19. The standard InChI is InChI=1S/C14H14BrN3O2/c1-9(10-5-6-13(20-2)11(15)8-10)17-18-14(19)12-4-3-7-16-12/h3-8,16H,1-2H3,(H,18,19)/b17-9-. The number of carbonyl (C=O) groups is 1. The van der Waals surface area contributed by atoms with Crippen molar-refractivity contribution in [3.8, 4) is 5.75 Å². The van der Waals surface area contributed by atoms with Crippen LogP contribution in [0.4, 0.5) is 0 Å². The molecule has 1 amide bonds. The van der Waals surface area contributed by atoms with Crippen molar-refractivity contribution in [2.45, 2.75) is 6.92 Å². The molecule has 0 aliphatic heterocycles. The number of nitrogens with zero attached hydrogens (tertiary/aromatic N) is 1. The average molecular weight is 336 g/mol. The molecule has 0 atom stereocenters. The molecule has 20 heavy (non-hydrogen) atoms. The molecule has 0 aliphatic rings. The van der Waals surface area contributed by atoms with E-state index >= 15 is 0 Å². The lowest BCUT2D eigenvalue weighted by molar-refractivity contribution is 0.0950. The Morgan fingerprint density at radius 1 is 1.40 bits per heavy atom. The zero-order valence-corrected chi connectivity index (χ0v) is 12.7. The molecule has 104 valence electrons. The molecule has 0 aliphatic carbocycles. The minimum Gasteiger partial charge on any atom is -0.496 e. The van der Waals surface area contributed by atoms with E-state index in [0.29, 0.717) is 11.4 Å². The van der Waals surface area contributed by atoms with Gasteiger partial charge in [-0.25, -0.2) is 5.43 Å². The maximum atomic E-state index is 11.7. The predicted molar refractivity (Wildman–Crippen MR) is 81.2 cm³/mol. The van der Waals surface area contributed by atoms with Gasteiger partial charge >= 0.3 is 0 Å². The molecule has 5 nitrogen and oxygen atoms in total. The largest absolute Gasteiger partial charge is 0.496 e. The molecule has 0 saturated heterocycles. The molecule has 0 radical (unpaired) electrons. The van der Waals surface area contributed by atoms with E-state index in [2.05, 4.69) is 31.4 Å². The monoisotopic (exact) mass is 335 g/mol. The highest BCUT2D eigenvalue weighted by atomic mass is 79.9. The van der Waals surface area contributed by atoms with E-state index in [9.17, 15) is 4.79 Å². The number of amides is 1. The summed E-state index contributed by atoms with van der Waals surface area (Å²) < 4.78 is 6.00. The van der Waals surface area contributed by atoms with Crippen LogP contribution in [0.5, 0.6) is 5.75 Å². The first-order chi connectivity index (χ1) is 9.61. The molecule has 0 bridgehead atoms. The lowest BCUT2D eigenvalue weighted by atomic mass is 10.1. The number of aromatic nitrogens is 1. The number of benzene rings is 1. The molecule has 2 rings (SSSR count). The van der Waals surface area contributed by atoms with Crippen LogP contribution in [0.1, 0.15) is 23.0 Å². The highest BCUT2D eigenvalue weighted by molar-refractivity contribution is 9.10. The number of methoxy groups -OCH3 is 1. The van der Waals surface area contributed by atoms with E-state index in [-0.39, 0.29) is 5.91 Å². The van der Waals surface area contributed by atoms with Gasteiger partial charge in [0.15, 0.2) is 0 Å². The summed E-state index contributed by atoms with van der Waals surface area (Å²) in [5, 5.41) is 4.08. The Labute approximate surface area is 125 Å². The van der Waals surface area contributed by atoms with Crippen LogP contribution in [0.2, 0.25) is 0 Å². The first-order valence-electron chi connectivity index (χ1n) is 5.93. The van der Waals surface area contributed by atoms with E-state index < -0.39 is 0 Å². The Morgan fingerprint density at radius 2 is 2.20 bits per heavy atom. The van der Waals surface area contributed by atoms with Gasteiger partial charge in [-0.2, -0.15) is 5.10 Å². The fraction of sp³-hybridized carbons (Fsp3) is 0.143. The molecule has 0 saturated carbocycles. The quantitative estimate of drug-likeness (QED) is 0.666. The summed E-state index contributed by atoms with van der Waals surface area (Å²) in [7, 11) is 1.61. The molecule has 1 aromatic carbocycles. The maximum Gasteiger partial charge on any atom is 0.287 e. The molecule has 0 spiro atoms. The fourth-order valence-corrected chi connectivity index (χ4v) is 2.16. The highest BCUT2D eigenvalue weighted by Crippen LogP contribution is 2.25. The van der Waals surface area contributed by atoms with E-state index in [1.807, 2.05) is 25.1 Å². The Hall–Kier alpha value is -2.08. The van der Waals surface area contributed by atoms with Crippen LogP contribution < -0.4 is 10.2 Å². The van der Waals surface area contributed by atoms with Crippen molar-refractivity contribution in [3.63, 3.8) is 0 Å². The van der Waals surface area contributed by atoms with Gasteiger partial charge in [0, 0.05) is 6.20 Å². The van der Waals surface area contributed by atoms with Crippen molar-refractivity contribution in [1.82, 2.24) is 10.4 Å². The number of hydrogen-bond acceptors (Lipinski definition) is 3. The van der Waals surface area contributed by atoms with Crippen molar-refractivity contribution >= 4 is 27.5 Å². The summed E-state index contributed by atoms with van der Waals surface area (Å²) in [4.78, 5) is 14.5. The van der Waals surface area contributed by atoms with Crippen LogP contribution in [0.25, 0.3) is 0 Å². The van der Waals surface area contributed by atoms with Crippen LogP contribution in [-0.2, 0) is 0 Å². The third kappa shape index (κ3) is 3.27. The van der Waals surface area contributed by atoms with Crippen molar-refractivity contribution in [2.75, 3.05) is 7.11 Å². The number of rotatable bonds is 4. The number of halogens is 1. The van der Waals surface area contributed by atoms with E-state index in [1.165, 1.54) is 0 Å². The summed E-state index contributed by atoms with van der Waals surface area (Å²) in [6, 6.07) is 9.04. The summed E-state index contributed by atoms with van der Waals surface area (Å²) in [6.07, 6.45) is 1.69. The highest BCUT2D eigenvalue weighted by Gasteiger charge is 2.06. The molecular formula is C14H14BrN3O2. The summed E-state index contributed by atoms with van der Waals surface area (Å²) in [5.41, 5.74) is 4.57. The van der Waals surface area contributed by atoms with Crippen LogP contribution in [0.3, 0.4) is 0 Å². The first-order valence-corrected chi connectivity index (χ1v) is 6.73. The van der Waals surface area contributed by atoms with E-state index in [4.69, 9.17) is 4.74 Å². The van der Waals surface area contributed by atoms with Gasteiger partial charge in [0.2, 0.25) is 0 Å². The van der Waals surface area contributed by atoms with Gasteiger partial charge in [-0.05, 0) is 58.7 Å². The van der Waals surface area contributed by atoms with Crippen LogP contribution in [0.15, 0.2) is 46.1 Å². The Bertz CT molecular complexity index is 636. The minimum atomic E-state index is -0.276. The van der Waals surface area contributed by atoms with Gasteiger partial charge in [0.25, 0.3) is 5.91 Å². The van der Waals surface area contributed by atoms with Crippen LogP contribution >= 0.6 is 15.9 Å². The molecule has 2 aromatic rings. The summed E-state index contributed by atoms with van der Waals surface area (Å²) in [5.74, 6) is 0.471. The third-order valence-electron chi connectivity index (χ3n) is 2.74. The number of H-pyrrole nitrogens is 1. The summed E-state index contributed by atoms with van der Waals surface area (Å²) in [6.45, 7) is 1.82. The average Bonchev–Trinajstić information content (AvgIpc) is 2.98. The molecular weight excluding hydrogens is 322 g/mol. The van der Waals surface area contributed by atoms with Gasteiger partial charge in [-0.15, -0.1) is 0 Å². The van der Waals surface area contributed by atoms with Crippen LogP contribution in [-0.4, -0.2) is 23.7 Å². The van der Waals surface area contributed by atoms with Gasteiger partial charge in [-0.1, -0.05) is 0 Å². The maximum absolute atomic E-state index is 11.7. The lowest BCUT2D eigenvalue weighted by Gasteiger charge is -2.06. The first kappa shape index (κ1) is 14.3. The van der Waals surface area contributed by atoms with E-state index in [0.717, 1.165) is 15.8 Å². The van der Waals surface area contributed by atoms with Gasteiger partial charge in [0.1, 0.15) is 11.4 Å².